The Kier molecular flexibility index (Phi) is 6.82. The van der Waals surface area contributed by atoms with E-state index in [0.717, 1.165) is 29.0 Å². The van der Waals surface area contributed by atoms with Crippen LogP contribution in [0.4, 0.5) is 18.9 Å². The zero-order valence-electron chi connectivity index (χ0n) is 18.4. The number of anilines is 1. The van der Waals surface area contributed by atoms with Gasteiger partial charge in [-0.15, -0.1) is 0 Å². The van der Waals surface area contributed by atoms with Crippen LogP contribution in [0.3, 0.4) is 0 Å². The number of carbonyl (C=O) groups excluding carboxylic acids is 1. The summed E-state index contributed by atoms with van der Waals surface area (Å²) in [5, 5.41) is 0. The minimum atomic E-state index is -4.37. The van der Waals surface area contributed by atoms with Crippen molar-refractivity contribution in [2.45, 2.75) is 45.9 Å². The van der Waals surface area contributed by atoms with Crippen LogP contribution in [-0.4, -0.2) is 43.1 Å². The molecule has 0 bridgehead atoms. The van der Waals surface area contributed by atoms with Crippen LogP contribution in [0, 0.1) is 6.92 Å². The average Bonchev–Trinajstić information content (AvgIpc) is 2.72. The molecule has 1 saturated heterocycles. The molecule has 4 nitrogen and oxygen atoms in total. The minimum Gasteiger partial charge on any atom is -0.481 e. The summed E-state index contributed by atoms with van der Waals surface area (Å²) in [4.78, 5) is 16.5. The molecule has 0 aliphatic carbocycles. The Bertz CT molecular complexity index is 919. The summed E-state index contributed by atoms with van der Waals surface area (Å²) in [6, 6.07) is 11.3. The van der Waals surface area contributed by atoms with Crippen LogP contribution >= 0.6 is 0 Å². The quantitative estimate of drug-likeness (QED) is 0.644. The van der Waals surface area contributed by atoms with E-state index in [1.54, 1.807) is 17.9 Å². The first kappa shape index (κ1) is 23.0. The summed E-state index contributed by atoms with van der Waals surface area (Å²) in [7, 11) is 0. The Labute approximate surface area is 181 Å². The van der Waals surface area contributed by atoms with Crippen LogP contribution in [-0.2, 0) is 11.0 Å². The maximum Gasteiger partial charge on any atom is 0.416 e. The number of benzene rings is 2. The zero-order valence-corrected chi connectivity index (χ0v) is 18.4. The SMILES string of the molecule is Cc1ccc(C(C)C)c(O[C@@H](C)C(=O)N2CCN(c3cccc(C(F)(F)F)c3)CC2)c1. The topological polar surface area (TPSA) is 32.8 Å². The number of carbonyl (C=O) groups is 1. The van der Waals surface area contributed by atoms with Gasteiger partial charge in [0.05, 0.1) is 5.56 Å². The lowest BCUT2D eigenvalue weighted by atomic mass is 10.0. The van der Waals surface area contributed by atoms with Crippen molar-refractivity contribution in [3.8, 4) is 5.75 Å². The molecule has 1 aliphatic heterocycles. The molecular weight excluding hydrogens is 405 g/mol. The summed E-state index contributed by atoms with van der Waals surface area (Å²) in [5.74, 6) is 0.882. The first-order valence-electron chi connectivity index (χ1n) is 10.5. The number of piperazine rings is 1. The van der Waals surface area contributed by atoms with Crippen molar-refractivity contribution in [1.82, 2.24) is 4.90 Å². The number of ether oxygens (including phenoxy) is 1. The van der Waals surface area contributed by atoms with Gasteiger partial charge in [0, 0.05) is 31.9 Å². The van der Waals surface area contributed by atoms with Crippen LogP contribution in [0.2, 0.25) is 0 Å². The first-order chi connectivity index (χ1) is 14.6. The lowest BCUT2D eigenvalue weighted by Gasteiger charge is -2.37. The molecule has 0 spiro atoms. The van der Waals surface area contributed by atoms with Crippen LogP contribution < -0.4 is 9.64 Å². The highest BCUT2D eigenvalue weighted by molar-refractivity contribution is 5.81. The van der Waals surface area contributed by atoms with Crippen LogP contribution in [0.1, 0.15) is 43.4 Å². The Morgan fingerprint density at radius 1 is 1.00 bits per heavy atom. The third-order valence-electron chi connectivity index (χ3n) is 5.57. The molecule has 0 unspecified atom stereocenters. The molecule has 1 atom stereocenters. The van der Waals surface area contributed by atoms with E-state index in [9.17, 15) is 18.0 Å². The van der Waals surface area contributed by atoms with Crippen molar-refractivity contribution in [2.24, 2.45) is 0 Å². The largest absolute Gasteiger partial charge is 0.481 e. The molecule has 0 N–H and O–H groups in total. The molecule has 1 aliphatic rings. The van der Waals surface area contributed by atoms with Crippen LogP contribution in [0.15, 0.2) is 42.5 Å². The molecule has 0 saturated carbocycles. The molecule has 3 rings (SSSR count). The number of aryl methyl sites for hydroxylation is 1. The Hall–Kier alpha value is -2.70. The standard InChI is InChI=1S/C24H29F3N2O2/c1-16(2)21-9-8-17(3)14-22(21)31-18(4)23(30)29-12-10-28(11-13-29)20-7-5-6-19(15-20)24(25,26)27/h5-9,14-16,18H,10-13H2,1-4H3/t18-/m0/s1. The van der Waals surface area contributed by atoms with Crippen LogP contribution in [0.25, 0.3) is 0 Å². The van der Waals surface area contributed by atoms with E-state index in [2.05, 4.69) is 13.8 Å². The van der Waals surface area contributed by atoms with Crippen molar-refractivity contribution in [3.63, 3.8) is 0 Å². The molecule has 1 amide bonds. The smallest absolute Gasteiger partial charge is 0.416 e. The Morgan fingerprint density at radius 2 is 1.68 bits per heavy atom. The third kappa shape index (κ3) is 5.51. The average molecular weight is 435 g/mol. The second-order valence-corrected chi connectivity index (χ2v) is 8.32. The van der Waals surface area contributed by atoms with E-state index in [-0.39, 0.29) is 11.8 Å². The fourth-order valence-corrected chi connectivity index (χ4v) is 3.78. The van der Waals surface area contributed by atoms with Crippen molar-refractivity contribution in [2.75, 3.05) is 31.1 Å². The highest BCUT2D eigenvalue weighted by Crippen LogP contribution is 2.32. The number of nitrogens with zero attached hydrogens (tertiary/aromatic N) is 2. The third-order valence-corrected chi connectivity index (χ3v) is 5.57. The lowest BCUT2D eigenvalue weighted by molar-refractivity contribution is -0.138. The highest BCUT2D eigenvalue weighted by Gasteiger charge is 2.32. The molecule has 168 valence electrons. The fourth-order valence-electron chi connectivity index (χ4n) is 3.78. The number of halogens is 3. The second-order valence-electron chi connectivity index (χ2n) is 8.32. The molecule has 31 heavy (non-hydrogen) atoms. The highest BCUT2D eigenvalue weighted by atomic mass is 19.4. The summed E-state index contributed by atoms with van der Waals surface area (Å²) < 4.78 is 45.0. The number of hydrogen-bond acceptors (Lipinski definition) is 3. The van der Waals surface area contributed by atoms with E-state index in [1.807, 2.05) is 30.0 Å². The molecule has 0 radical (unpaired) electrons. The summed E-state index contributed by atoms with van der Waals surface area (Å²) in [5.41, 5.74) is 1.98. The van der Waals surface area contributed by atoms with Gasteiger partial charge in [0.25, 0.3) is 5.91 Å². The van der Waals surface area contributed by atoms with Crippen molar-refractivity contribution in [1.29, 1.82) is 0 Å². The van der Waals surface area contributed by atoms with Crippen LogP contribution in [0.5, 0.6) is 5.75 Å². The number of alkyl halides is 3. The zero-order chi connectivity index (χ0) is 22.8. The van der Waals surface area contributed by atoms with Gasteiger partial charge in [0.15, 0.2) is 6.10 Å². The number of hydrogen-bond donors (Lipinski definition) is 0. The van der Waals surface area contributed by atoms with Gasteiger partial charge in [0.1, 0.15) is 5.75 Å². The minimum absolute atomic E-state index is 0.111. The lowest BCUT2D eigenvalue weighted by Crippen LogP contribution is -2.52. The molecular formula is C24H29F3N2O2. The monoisotopic (exact) mass is 434 g/mol. The Balaban J connectivity index is 1.62. The molecule has 7 heteroatoms. The van der Waals surface area contributed by atoms with Crippen molar-refractivity contribution in [3.05, 3.63) is 59.2 Å². The van der Waals surface area contributed by atoms with Crippen molar-refractivity contribution >= 4 is 11.6 Å². The van der Waals surface area contributed by atoms with Gasteiger partial charge >= 0.3 is 6.18 Å². The molecule has 2 aromatic rings. The summed E-state index contributed by atoms with van der Waals surface area (Å²) in [6.45, 7) is 9.71. The van der Waals surface area contributed by atoms with Gasteiger partial charge < -0.3 is 14.5 Å². The molecule has 1 fully saturated rings. The molecule has 2 aromatic carbocycles. The van der Waals surface area contributed by atoms with E-state index in [1.165, 1.54) is 6.07 Å². The fraction of sp³-hybridized carbons (Fsp3) is 0.458. The Morgan fingerprint density at radius 3 is 2.29 bits per heavy atom. The van der Waals surface area contributed by atoms with Gasteiger partial charge in [-0.3, -0.25) is 4.79 Å². The van der Waals surface area contributed by atoms with E-state index in [4.69, 9.17) is 4.74 Å². The molecule has 1 heterocycles. The summed E-state index contributed by atoms with van der Waals surface area (Å²) in [6.07, 6.45) is -5.01. The van der Waals surface area contributed by atoms with E-state index < -0.39 is 17.8 Å². The van der Waals surface area contributed by atoms with Gasteiger partial charge in [-0.25, -0.2) is 0 Å². The maximum atomic E-state index is 13.0. The normalized spacial score (nSPS) is 15.9. The molecule has 0 aromatic heterocycles. The predicted octanol–water partition coefficient (Wildman–Crippen LogP) is 5.25. The van der Waals surface area contributed by atoms with Crippen molar-refractivity contribution < 1.29 is 22.7 Å². The van der Waals surface area contributed by atoms with Gasteiger partial charge in [-0.05, 0) is 55.2 Å². The number of amides is 1. The first-order valence-corrected chi connectivity index (χ1v) is 10.5. The number of rotatable bonds is 5. The van der Waals surface area contributed by atoms with Gasteiger partial charge in [0.2, 0.25) is 0 Å². The second kappa shape index (κ2) is 9.20. The van der Waals surface area contributed by atoms with Gasteiger partial charge in [-0.2, -0.15) is 13.2 Å². The summed E-state index contributed by atoms with van der Waals surface area (Å²) >= 11 is 0. The van der Waals surface area contributed by atoms with E-state index >= 15 is 0 Å². The maximum absolute atomic E-state index is 13.0. The van der Waals surface area contributed by atoms with E-state index in [0.29, 0.717) is 31.9 Å². The van der Waals surface area contributed by atoms with Gasteiger partial charge in [-0.1, -0.05) is 32.0 Å². The predicted molar refractivity (Wildman–Crippen MR) is 116 cm³/mol.